The molecule has 1 N–H and O–H groups in total. The second kappa shape index (κ2) is 3.77. The van der Waals surface area contributed by atoms with Crippen LogP contribution in [0.3, 0.4) is 0 Å². The van der Waals surface area contributed by atoms with Gasteiger partial charge < -0.3 is 10.2 Å². The minimum Gasteiger partial charge on any atom is -0.372 e. The third kappa shape index (κ3) is 1.61. The van der Waals surface area contributed by atoms with Crippen LogP contribution in [0.15, 0.2) is 24.3 Å². The van der Waals surface area contributed by atoms with E-state index in [4.69, 9.17) is 0 Å². The van der Waals surface area contributed by atoms with Crippen LogP contribution in [0.2, 0.25) is 0 Å². The summed E-state index contributed by atoms with van der Waals surface area (Å²) < 4.78 is 0. The third-order valence-corrected chi connectivity index (χ3v) is 4.16. The lowest BCUT2D eigenvalue weighted by molar-refractivity contribution is 0.342. The number of likely N-dealkylation sites (N-methyl/N-ethyl adjacent to an activating group) is 1. The lowest BCUT2D eigenvalue weighted by Gasteiger charge is -2.32. The molecule has 2 aliphatic rings. The maximum absolute atomic E-state index is 3.80. The van der Waals surface area contributed by atoms with Gasteiger partial charge in [-0.2, -0.15) is 0 Å². The van der Waals surface area contributed by atoms with E-state index in [1.807, 2.05) is 0 Å². The Morgan fingerprint density at radius 2 is 1.94 bits per heavy atom. The molecular weight excluding hydrogens is 196 g/mol. The summed E-state index contributed by atoms with van der Waals surface area (Å²) in [6.07, 6.45) is 5.45. The van der Waals surface area contributed by atoms with Gasteiger partial charge in [-0.25, -0.2) is 0 Å². The zero-order valence-electron chi connectivity index (χ0n) is 10.00. The van der Waals surface area contributed by atoms with Crippen molar-refractivity contribution in [1.82, 2.24) is 5.32 Å². The number of hydrogen-bond acceptors (Lipinski definition) is 2. The Kier molecular flexibility index (Phi) is 2.40. The normalized spacial score (nSPS) is 23.2. The van der Waals surface area contributed by atoms with Crippen LogP contribution in [-0.4, -0.2) is 19.1 Å². The zero-order valence-corrected chi connectivity index (χ0v) is 10.00. The van der Waals surface area contributed by atoms with Crippen molar-refractivity contribution in [3.8, 4) is 0 Å². The van der Waals surface area contributed by atoms with E-state index in [1.165, 1.54) is 36.9 Å². The van der Waals surface area contributed by atoms with Crippen molar-refractivity contribution < 1.29 is 0 Å². The quantitative estimate of drug-likeness (QED) is 0.717. The highest BCUT2D eigenvalue weighted by molar-refractivity contribution is 5.54. The molecule has 1 aliphatic heterocycles. The molecule has 0 saturated heterocycles. The van der Waals surface area contributed by atoms with Gasteiger partial charge in [0.15, 0.2) is 0 Å². The van der Waals surface area contributed by atoms with Crippen LogP contribution in [0.5, 0.6) is 0 Å². The van der Waals surface area contributed by atoms with Gasteiger partial charge in [0.25, 0.3) is 0 Å². The molecule has 1 fully saturated rings. The molecule has 2 heteroatoms. The van der Waals surface area contributed by atoms with Crippen LogP contribution < -0.4 is 10.2 Å². The first-order valence-electron chi connectivity index (χ1n) is 6.33. The Bertz CT molecular complexity index is 380. The first-order chi connectivity index (χ1) is 7.79. The first kappa shape index (κ1) is 10.2. The molecular formula is C14H20N2. The number of para-hydroxylation sites is 1. The highest BCUT2D eigenvalue weighted by Crippen LogP contribution is 2.34. The standard InChI is InChI=1S/C14H20N2/c1-16-11-14(8-4-5-9-14)15-10-12-6-2-3-7-13(12)16/h2-3,6-7,15H,4-5,8-11H2,1H3. The Balaban J connectivity index is 1.92. The number of rotatable bonds is 0. The molecule has 3 rings (SSSR count). The molecule has 0 amide bonds. The van der Waals surface area contributed by atoms with Gasteiger partial charge in [0, 0.05) is 31.4 Å². The number of nitrogens with zero attached hydrogens (tertiary/aromatic N) is 1. The van der Waals surface area contributed by atoms with Gasteiger partial charge in [-0.15, -0.1) is 0 Å². The highest BCUT2D eigenvalue weighted by Gasteiger charge is 2.36. The van der Waals surface area contributed by atoms with Gasteiger partial charge in [0.1, 0.15) is 0 Å². The summed E-state index contributed by atoms with van der Waals surface area (Å²) >= 11 is 0. The molecule has 16 heavy (non-hydrogen) atoms. The summed E-state index contributed by atoms with van der Waals surface area (Å²) in [5.74, 6) is 0. The summed E-state index contributed by atoms with van der Waals surface area (Å²) in [4.78, 5) is 2.43. The van der Waals surface area contributed by atoms with Crippen molar-refractivity contribution in [2.45, 2.75) is 37.8 Å². The van der Waals surface area contributed by atoms with E-state index in [0.29, 0.717) is 5.54 Å². The van der Waals surface area contributed by atoms with E-state index in [0.717, 1.165) is 13.1 Å². The number of anilines is 1. The zero-order chi connectivity index (χ0) is 11.0. The van der Waals surface area contributed by atoms with Crippen molar-refractivity contribution in [1.29, 1.82) is 0 Å². The van der Waals surface area contributed by atoms with Crippen LogP contribution in [-0.2, 0) is 6.54 Å². The minimum absolute atomic E-state index is 0.383. The van der Waals surface area contributed by atoms with E-state index < -0.39 is 0 Å². The summed E-state index contributed by atoms with van der Waals surface area (Å²) in [5, 5.41) is 3.80. The van der Waals surface area contributed by atoms with Gasteiger partial charge in [0.05, 0.1) is 0 Å². The molecule has 1 aromatic carbocycles. The van der Waals surface area contributed by atoms with Crippen LogP contribution in [0.1, 0.15) is 31.2 Å². The van der Waals surface area contributed by atoms with Crippen molar-refractivity contribution in [3.63, 3.8) is 0 Å². The summed E-state index contributed by atoms with van der Waals surface area (Å²) in [6.45, 7) is 2.19. The maximum atomic E-state index is 3.80. The fraction of sp³-hybridized carbons (Fsp3) is 0.571. The highest BCUT2D eigenvalue weighted by atomic mass is 15.2. The SMILES string of the molecule is CN1CC2(CCCC2)NCc2ccccc21. The third-order valence-electron chi connectivity index (χ3n) is 4.16. The van der Waals surface area contributed by atoms with Crippen molar-refractivity contribution in [2.24, 2.45) is 0 Å². The Morgan fingerprint density at radius 3 is 2.75 bits per heavy atom. The predicted octanol–water partition coefficient (Wildman–Crippen LogP) is 2.54. The van der Waals surface area contributed by atoms with E-state index in [2.05, 4.69) is 41.5 Å². The molecule has 0 bridgehead atoms. The smallest absolute Gasteiger partial charge is 0.0409 e. The molecule has 1 aliphatic carbocycles. The number of benzene rings is 1. The molecule has 2 nitrogen and oxygen atoms in total. The van der Waals surface area contributed by atoms with Crippen LogP contribution >= 0.6 is 0 Å². The van der Waals surface area contributed by atoms with Gasteiger partial charge in [-0.05, 0) is 24.5 Å². The van der Waals surface area contributed by atoms with E-state index in [-0.39, 0.29) is 0 Å². The molecule has 0 atom stereocenters. The van der Waals surface area contributed by atoms with Gasteiger partial charge in [-0.1, -0.05) is 31.0 Å². The molecule has 0 radical (unpaired) electrons. The number of nitrogens with one attached hydrogen (secondary N) is 1. The molecule has 0 unspecified atom stereocenters. The van der Waals surface area contributed by atoms with E-state index in [1.54, 1.807) is 0 Å². The number of fused-ring (bicyclic) bond motifs is 1. The van der Waals surface area contributed by atoms with E-state index >= 15 is 0 Å². The summed E-state index contributed by atoms with van der Waals surface area (Å²) in [6, 6.07) is 8.76. The lowest BCUT2D eigenvalue weighted by Crippen LogP contribution is -2.48. The molecule has 1 spiro atoms. The minimum atomic E-state index is 0.383. The molecule has 1 saturated carbocycles. The van der Waals surface area contributed by atoms with Crippen LogP contribution in [0.25, 0.3) is 0 Å². The number of hydrogen-bond donors (Lipinski definition) is 1. The molecule has 1 heterocycles. The Hall–Kier alpha value is -1.02. The molecule has 86 valence electrons. The monoisotopic (exact) mass is 216 g/mol. The van der Waals surface area contributed by atoms with E-state index in [9.17, 15) is 0 Å². The van der Waals surface area contributed by atoms with Crippen molar-refractivity contribution in [3.05, 3.63) is 29.8 Å². The van der Waals surface area contributed by atoms with Crippen molar-refractivity contribution >= 4 is 5.69 Å². The molecule has 0 aromatic heterocycles. The average molecular weight is 216 g/mol. The fourth-order valence-corrected chi connectivity index (χ4v) is 3.30. The van der Waals surface area contributed by atoms with Crippen molar-refractivity contribution in [2.75, 3.05) is 18.5 Å². The van der Waals surface area contributed by atoms with Gasteiger partial charge in [0.2, 0.25) is 0 Å². The lowest BCUT2D eigenvalue weighted by atomic mass is 9.97. The fourth-order valence-electron chi connectivity index (χ4n) is 3.30. The first-order valence-corrected chi connectivity index (χ1v) is 6.33. The Morgan fingerprint density at radius 1 is 1.19 bits per heavy atom. The topological polar surface area (TPSA) is 15.3 Å². The average Bonchev–Trinajstić information content (AvgIpc) is 2.70. The van der Waals surface area contributed by atoms with Gasteiger partial charge >= 0.3 is 0 Å². The van der Waals surface area contributed by atoms with Gasteiger partial charge in [-0.3, -0.25) is 0 Å². The second-order valence-electron chi connectivity index (χ2n) is 5.33. The summed E-state index contributed by atoms with van der Waals surface area (Å²) in [5.41, 5.74) is 3.22. The Labute approximate surface area is 97.6 Å². The molecule has 1 aromatic rings. The predicted molar refractivity (Wildman–Crippen MR) is 67.8 cm³/mol. The largest absolute Gasteiger partial charge is 0.372 e. The van der Waals surface area contributed by atoms with Crippen LogP contribution in [0.4, 0.5) is 5.69 Å². The maximum Gasteiger partial charge on any atom is 0.0409 e. The summed E-state index contributed by atoms with van der Waals surface area (Å²) in [7, 11) is 2.23. The second-order valence-corrected chi connectivity index (χ2v) is 5.33. The van der Waals surface area contributed by atoms with Crippen LogP contribution in [0, 0.1) is 0 Å².